The van der Waals surface area contributed by atoms with Crippen LogP contribution >= 0.6 is 0 Å². The monoisotopic (exact) mass is 329 g/mol. The molecule has 3 aromatic rings. The Kier molecular flexibility index (Phi) is 4.43. The largest absolute Gasteiger partial charge is 0.487 e. The molecule has 0 bridgehead atoms. The Bertz CT molecular complexity index is 859. The molecule has 0 amide bonds. The Labute approximate surface area is 135 Å². The van der Waals surface area contributed by atoms with Crippen LogP contribution in [0.2, 0.25) is 0 Å². The third-order valence-corrected chi connectivity index (χ3v) is 4.06. The molecule has 1 heterocycles. The first-order valence-electron chi connectivity index (χ1n) is 7.02. The van der Waals surface area contributed by atoms with E-state index in [1.165, 1.54) is 12.1 Å². The first kappa shape index (κ1) is 15.3. The molecule has 2 aromatic carbocycles. The second-order valence-electron chi connectivity index (χ2n) is 4.93. The lowest BCUT2D eigenvalue weighted by molar-refractivity contribution is 0.299. The molecule has 0 saturated carbocycles. The van der Waals surface area contributed by atoms with E-state index >= 15 is 0 Å². The maximum absolute atomic E-state index is 10.8. The molecule has 0 saturated heterocycles. The summed E-state index contributed by atoms with van der Waals surface area (Å²) >= 11 is 0. The lowest BCUT2D eigenvalue weighted by atomic mass is 10.2. The highest BCUT2D eigenvalue weighted by molar-refractivity contribution is 7.72. The van der Waals surface area contributed by atoms with Crippen molar-refractivity contribution in [2.24, 2.45) is 0 Å². The number of thiol groups is 1. The Morgan fingerprint density at radius 1 is 1.04 bits per heavy atom. The van der Waals surface area contributed by atoms with Gasteiger partial charge in [0, 0.05) is 5.56 Å². The third-order valence-electron chi connectivity index (χ3n) is 3.34. The van der Waals surface area contributed by atoms with E-state index in [1.807, 2.05) is 37.3 Å². The molecule has 23 heavy (non-hydrogen) atoms. The fraction of sp³-hybridized carbons (Fsp3) is 0.118. The van der Waals surface area contributed by atoms with Crippen molar-refractivity contribution in [3.8, 4) is 17.2 Å². The molecule has 3 rings (SSSR count). The topological polar surface area (TPSA) is 69.4 Å². The standard InChI is InChI=1S/C17H15NO4S/c1-12-16(18-17(22-12)13-5-3-2-4-6-13)11-21-14-7-9-15(10-8-14)23(19)20/h2-10,23H,11H2,1H3. The predicted molar refractivity (Wildman–Crippen MR) is 86.0 cm³/mol. The Morgan fingerprint density at radius 3 is 2.39 bits per heavy atom. The number of nitrogens with zero attached hydrogens (tertiary/aromatic N) is 1. The number of hydrogen-bond donors (Lipinski definition) is 1. The van der Waals surface area contributed by atoms with E-state index in [2.05, 4.69) is 4.98 Å². The van der Waals surface area contributed by atoms with E-state index in [9.17, 15) is 8.42 Å². The number of hydrogen-bond acceptors (Lipinski definition) is 5. The van der Waals surface area contributed by atoms with Crippen molar-refractivity contribution in [3.05, 3.63) is 66.1 Å². The van der Waals surface area contributed by atoms with Crippen LogP contribution in [0.3, 0.4) is 0 Å². The van der Waals surface area contributed by atoms with E-state index in [0.29, 0.717) is 23.1 Å². The van der Waals surface area contributed by atoms with Crippen molar-refractivity contribution >= 4 is 10.7 Å². The molecule has 0 aliphatic rings. The molecular formula is C17H15NO4S. The molecule has 5 nitrogen and oxygen atoms in total. The van der Waals surface area contributed by atoms with Crippen molar-refractivity contribution in [2.75, 3.05) is 0 Å². The molecule has 1 aromatic heterocycles. The minimum atomic E-state index is -2.57. The maximum Gasteiger partial charge on any atom is 0.226 e. The molecule has 0 N–H and O–H groups in total. The minimum absolute atomic E-state index is 0.255. The van der Waals surface area contributed by atoms with Gasteiger partial charge in [-0.25, -0.2) is 13.4 Å². The number of rotatable bonds is 5. The highest BCUT2D eigenvalue weighted by atomic mass is 32.2. The van der Waals surface area contributed by atoms with Crippen molar-refractivity contribution in [1.82, 2.24) is 4.98 Å². The van der Waals surface area contributed by atoms with Gasteiger partial charge in [0.05, 0.1) is 4.90 Å². The van der Waals surface area contributed by atoms with Crippen LogP contribution in [0.1, 0.15) is 11.5 Å². The van der Waals surface area contributed by atoms with Gasteiger partial charge in [0.1, 0.15) is 23.8 Å². The van der Waals surface area contributed by atoms with Gasteiger partial charge in [-0.3, -0.25) is 0 Å². The van der Waals surface area contributed by atoms with Crippen LogP contribution in [0.25, 0.3) is 11.5 Å². The van der Waals surface area contributed by atoms with E-state index in [1.54, 1.807) is 12.1 Å². The van der Waals surface area contributed by atoms with E-state index in [-0.39, 0.29) is 11.5 Å². The number of aromatic nitrogens is 1. The van der Waals surface area contributed by atoms with Gasteiger partial charge in [-0.2, -0.15) is 0 Å². The van der Waals surface area contributed by atoms with E-state index in [0.717, 1.165) is 5.56 Å². The third kappa shape index (κ3) is 3.60. The molecule has 0 radical (unpaired) electrons. The number of ether oxygens (including phenoxy) is 1. The van der Waals surface area contributed by atoms with Crippen LogP contribution in [0.5, 0.6) is 5.75 Å². The van der Waals surface area contributed by atoms with Crippen molar-refractivity contribution in [3.63, 3.8) is 0 Å². The molecule has 0 atom stereocenters. The fourth-order valence-electron chi connectivity index (χ4n) is 2.08. The summed E-state index contributed by atoms with van der Waals surface area (Å²) in [5.74, 6) is 1.83. The van der Waals surface area contributed by atoms with Crippen LogP contribution in [-0.2, 0) is 17.3 Å². The smallest absolute Gasteiger partial charge is 0.226 e. The molecule has 6 heteroatoms. The Hall–Kier alpha value is -2.60. The van der Waals surface area contributed by atoms with Gasteiger partial charge in [0.2, 0.25) is 5.89 Å². The quantitative estimate of drug-likeness (QED) is 0.728. The zero-order valence-electron chi connectivity index (χ0n) is 12.4. The molecule has 0 spiro atoms. The lowest BCUT2D eigenvalue weighted by Gasteiger charge is -2.04. The average molecular weight is 329 g/mol. The predicted octanol–water partition coefficient (Wildman–Crippen LogP) is 3.20. The fourth-order valence-corrected chi connectivity index (χ4v) is 2.47. The summed E-state index contributed by atoms with van der Waals surface area (Å²) in [7, 11) is -2.57. The van der Waals surface area contributed by atoms with Crippen LogP contribution in [0, 0.1) is 6.92 Å². The molecule has 118 valence electrons. The summed E-state index contributed by atoms with van der Waals surface area (Å²) in [4.78, 5) is 4.71. The van der Waals surface area contributed by atoms with Crippen molar-refractivity contribution < 1.29 is 17.6 Å². The zero-order chi connectivity index (χ0) is 16.2. The molecule has 0 unspecified atom stereocenters. The zero-order valence-corrected chi connectivity index (χ0v) is 13.3. The normalized spacial score (nSPS) is 10.9. The minimum Gasteiger partial charge on any atom is -0.487 e. The van der Waals surface area contributed by atoms with Crippen LogP contribution in [0.4, 0.5) is 0 Å². The molecule has 0 aliphatic heterocycles. The van der Waals surface area contributed by atoms with Gasteiger partial charge < -0.3 is 9.15 Å². The van der Waals surface area contributed by atoms with Gasteiger partial charge in [0.25, 0.3) is 0 Å². The molecule has 0 aliphatic carbocycles. The van der Waals surface area contributed by atoms with Gasteiger partial charge in [0.15, 0.2) is 10.7 Å². The first-order chi connectivity index (χ1) is 11.1. The Morgan fingerprint density at radius 2 is 1.74 bits per heavy atom. The summed E-state index contributed by atoms with van der Waals surface area (Å²) < 4.78 is 33.0. The van der Waals surface area contributed by atoms with Crippen LogP contribution in [0.15, 0.2) is 63.9 Å². The van der Waals surface area contributed by atoms with Crippen molar-refractivity contribution in [1.29, 1.82) is 0 Å². The van der Waals surface area contributed by atoms with E-state index in [4.69, 9.17) is 9.15 Å². The van der Waals surface area contributed by atoms with Gasteiger partial charge >= 0.3 is 0 Å². The number of oxazole rings is 1. The number of benzene rings is 2. The second kappa shape index (κ2) is 6.66. The summed E-state index contributed by atoms with van der Waals surface area (Å²) in [6.07, 6.45) is 0. The maximum atomic E-state index is 10.8. The molecular weight excluding hydrogens is 314 g/mol. The number of aryl methyl sites for hydroxylation is 1. The summed E-state index contributed by atoms with van der Waals surface area (Å²) in [5, 5.41) is 0. The van der Waals surface area contributed by atoms with E-state index < -0.39 is 10.7 Å². The summed E-state index contributed by atoms with van der Waals surface area (Å²) in [6.45, 7) is 2.09. The SMILES string of the molecule is Cc1oc(-c2ccccc2)nc1COc1ccc([SH](=O)=O)cc1. The first-order valence-corrected chi connectivity index (χ1v) is 8.20. The molecule has 0 fully saturated rings. The lowest BCUT2D eigenvalue weighted by Crippen LogP contribution is -1.97. The summed E-state index contributed by atoms with van der Waals surface area (Å²) in [6, 6.07) is 15.9. The highest BCUT2D eigenvalue weighted by Gasteiger charge is 2.11. The van der Waals surface area contributed by atoms with Crippen molar-refractivity contribution in [2.45, 2.75) is 18.4 Å². The Balaban J connectivity index is 1.72. The van der Waals surface area contributed by atoms with Crippen LogP contribution < -0.4 is 4.74 Å². The van der Waals surface area contributed by atoms with Gasteiger partial charge in [-0.05, 0) is 43.3 Å². The summed E-state index contributed by atoms with van der Waals surface area (Å²) in [5.41, 5.74) is 1.62. The highest BCUT2D eigenvalue weighted by Crippen LogP contribution is 2.22. The van der Waals surface area contributed by atoms with Gasteiger partial charge in [-0.15, -0.1) is 0 Å². The average Bonchev–Trinajstić information content (AvgIpc) is 2.95. The van der Waals surface area contributed by atoms with Gasteiger partial charge in [-0.1, -0.05) is 18.2 Å². The van der Waals surface area contributed by atoms with Crippen LogP contribution in [-0.4, -0.2) is 13.4 Å². The second-order valence-corrected chi connectivity index (χ2v) is 5.96.